The van der Waals surface area contributed by atoms with Crippen LogP contribution in [0.4, 0.5) is 0 Å². The first-order chi connectivity index (χ1) is 20.0. The number of thioether (sulfide) groups is 1. The van der Waals surface area contributed by atoms with E-state index in [0.29, 0.717) is 31.0 Å². The molecule has 17 nitrogen and oxygen atoms in total. The molecule has 18 heteroatoms. The van der Waals surface area contributed by atoms with E-state index in [1.54, 1.807) is 11.8 Å². The molecule has 3 saturated heterocycles. The summed E-state index contributed by atoms with van der Waals surface area (Å²) in [4.78, 5) is 54.8. The first kappa shape index (κ1) is 29.7. The third kappa shape index (κ3) is 5.52. The van der Waals surface area contributed by atoms with Gasteiger partial charge >= 0.3 is 5.97 Å². The smallest absolute Gasteiger partial charge is 0.353 e. The summed E-state index contributed by atoms with van der Waals surface area (Å²) in [6, 6.07) is -1.74. The van der Waals surface area contributed by atoms with Gasteiger partial charge < -0.3 is 41.7 Å². The summed E-state index contributed by atoms with van der Waals surface area (Å²) in [5, 5.41) is 46.6. The molecular formula is C24H35N11O6S. The van der Waals surface area contributed by atoms with Crippen molar-refractivity contribution in [1.82, 2.24) is 46.0 Å². The van der Waals surface area contributed by atoms with Gasteiger partial charge in [0, 0.05) is 54.3 Å². The Morgan fingerprint density at radius 1 is 1.33 bits per heavy atom. The van der Waals surface area contributed by atoms with Crippen LogP contribution in [-0.4, -0.2) is 126 Å². The number of rotatable bonds is 10. The van der Waals surface area contributed by atoms with Crippen molar-refractivity contribution in [3.05, 3.63) is 16.9 Å². The summed E-state index contributed by atoms with van der Waals surface area (Å²) >= 11 is 1.38. The molecule has 1 unspecified atom stereocenters. The molecule has 3 fully saturated rings. The Hall–Kier alpha value is -3.77. The number of hydrogen-bond donors (Lipinski definition) is 7. The van der Waals surface area contributed by atoms with Crippen molar-refractivity contribution in [1.29, 1.82) is 5.41 Å². The third-order valence-corrected chi connectivity index (χ3v) is 9.94. The average molecular weight is 606 g/mol. The fraction of sp³-hybridized carbons (Fsp3) is 0.667. The van der Waals surface area contributed by atoms with Gasteiger partial charge in [-0.3, -0.25) is 19.8 Å². The van der Waals surface area contributed by atoms with E-state index < -0.39 is 30.0 Å². The number of aliphatic hydroxyl groups excluding tert-OH is 1. The van der Waals surface area contributed by atoms with Gasteiger partial charge in [0.05, 0.1) is 24.0 Å². The second-order valence-corrected chi connectivity index (χ2v) is 12.5. The molecule has 0 spiro atoms. The molecule has 3 amide bonds. The standard InChI is InChI=1S/C24H35N11O6S/c1-10-18-17(11(2)29-16(37)7-34-9-28-31-32-34)22(39)35(18)19(23(40)41)20(10)42-13-3-14(27-4-13)21(38)33-5-12(8-36)15(6-33)30-24(25)26/h9-15,17-18,27,36H,3-8H2,1-2H3,(H,29,37)(H,40,41)(H4,25,26,30)/t10-,11?,12+,13+,14+,15-,17-,18-/m1/s1. The van der Waals surface area contributed by atoms with Crippen LogP contribution in [0.5, 0.6) is 0 Å². The highest BCUT2D eigenvalue weighted by molar-refractivity contribution is 8.03. The molecule has 0 aromatic carbocycles. The number of nitrogens with two attached hydrogens (primary N) is 1. The number of fused-ring (bicyclic) bond motifs is 1. The molecule has 8 atom stereocenters. The van der Waals surface area contributed by atoms with Gasteiger partial charge in [-0.1, -0.05) is 6.92 Å². The van der Waals surface area contributed by atoms with Crippen LogP contribution < -0.4 is 21.7 Å². The lowest BCUT2D eigenvalue weighted by Crippen LogP contribution is -2.66. The molecule has 0 bridgehead atoms. The van der Waals surface area contributed by atoms with Crippen molar-refractivity contribution in [2.45, 2.75) is 56.2 Å². The monoisotopic (exact) mass is 605 g/mol. The number of guanidine groups is 1. The SMILES string of the molecule is CC(NC(=O)Cn1cnnn1)[C@H]1C(=O)N2C(C(=O)O)=C(S[C@@H]3CN[C@H](C(=O)N4C[C@@H](CO)[C@H](NC(=N)N)C4)C3)[C@H](C)[C@H]12. The van der Waals surface area contributed by atoms with E-state index in [4.69, 9.17) is 11.1 Å². The average Bonchev–Trinajstić information content (AvgIpc) is 3.71. The topological polar surface area (TPSA) is 245 Å². The number of nitrogens with one attached hydrogen (secondary N) is 4. The maximum Gasteiger partial charge on any atom is 0.353 e. The molecule has 5 heterocycles. The number of hydrogen-bond acceptors (Lipinski definition) is 11. The summed E-state index contributed by atoms with van der Waals surface area (Å²) < 4.78 is 1.26. The van der Waals surface area contributed by atoms with E-state index in [0.717, 1.165) is 0 Å². The molecule has 4 aliphatic rings. The van der Waals surface area contributed by atoms with E-state index in [-0.39, 0.29) is 65.7 Å². The Kier molecular flexibility index (Phi) is 8.38. The van der Waals surface area contributed by atoms with Crippen LogP contribution >= 0.6 is 11.8 Å². The number of β-lactam (4-membered cyclic amide) rings is 1. The predicted molar refractivity (Wildman–Crippen MR) is 147 cm³/mol. The van der Waals surface area contributed by atoms with E-state index in [1.165, 1.54) is 27.7 Å². The normalized spacial score (nSPS) is 31.1. The Bertz CT molecular complexity index is 1290. The Morgan fingerprint density at radius 2 is 2.10 bits per heavy atom. The van der Waals surface area contributed by atoms with E-state index in [1.807, 2.05) is 6.92 Å². The molecule has 1 aromatic rings. The molecule has 42 heavy (non-hydrogen) atoms. The lowest BCUT2D eigenvalue weighted by Gasteiger charge is -2.47. The molecule has 4 aliphatic heterocycles. The molecule has 0 radical (unpaired) electrons. The van der Waals surface area contributed by atoms with Gasteiger partial charge in [-0.05, 0) is 23.8 Å². The number of tetrazole rings is 1. The third-order valence-electron chi connectivity index (χ3n) is 8.43. The van der Waals surface area contributed by atoms with Crippen LogP contribution in [0, 0.1) is 23.2 Å². The first-order valence-electron chi connectivity index (χ1n) is 13.7. The van der Waals surface area contributed by atoms with Crippen molar-refractivity contribution in [2.24, 2.45) is 23.5 Å². The van der Waals surface area contributed by atoms with Gasteiger partial charge in [-0.15, -0.1) is 16.9 Å². The van der Waals surface area contributed by atoms with E-state index in [9.17, 15) is 29.4 Å². The van der Waals surface area contributed by atoms with Gasteiger partial charge in [-0.25, -0.2) is 9.48 Å². The number of likely N-dealkylation sites (tertiary alicyclic amines) is 1. The lowest BCUT2D eigenvalue weighted by atomic mass is 9.78. The maximum absolute atomic E-state index is 13.3. The zero-order valence-corrected chi connectivity index (χ0v) is 24.0. The minimum absolute atomic E-state index is 0.0378. The molecule has 0 saturated carbocycles. The van der Waals surface area contributed by atoms with Crippen LogP contribution in [0.3, 0.4) is 0 Å². The zero-order valence-electron chi connectivity index (χ0n) is 23.1. The number of carbonyl (C=O) groups is 4. The Balaban J connectivity index is 1.21. The van der Waals surface area contributed by atoms with Gasteiger partial charge in [0.25, 0.3) is 0 Å². The minimum Gasteiger partial charge on any atom is -0.477 e. The van der Waals surface area contributed by atoms with Crippen LogP contribution in [0.1, 0.15) is 20.3 Å². The Morgan fingerprint density at radius 3 is 2.74 bits per heavy atom. The number of carbonyl (C=O) groups excluding carboxylic acids is 3. The molecule has 1 aromatic heterocycles. The van der Waals surface area contributed by atoms with Crippen LogP contribution in [-0.2, 0) is 25.7 Å². The number of carboxylic acid groups (broad SMARTS) is 1. The largest absolute Gasteiger partial charge is 0.477 e. The number of aliphatic carboxylic acids is 1. The van der Waals surface area contributed by atoms with Gasteiger partial charge in [0.15, 0.2) is 5.96 Å². The van der Waals surface area contributed by atoms with Gasteiger partial charge in [-0.2, -0.15) is 0 Å². The fourth-order valence-corrected chi connectivity index (χ4v) is 7.95. The molecular weight excluding hydrogens is 570 g/mol. The molecule has 228 valence electrons. The predicted octanol–water partition coefficient (Wildman–Crippen LogP) is -3.28. The number of carboxylic acids is 1. The van der Waals surface area contributed by atoms with Crippen molar-refractivity contribution >= 4 is 41.4 Å². The number of nitrogens with zero attached hydrogens (tertiary/aromatic N) is 6. The highest BCUT2D eigenvalue weighted by atomic mass is 32.2. The van der Waals surface area contributed by atoms with Crippen LogP contribution in [0.2, 0.25) is 0 Å². The fourth-order valence-electron chi connectivity index (χ4n) is 6.47. The second-order valence-electron chi connectivity index (χ2n) is 11.2. The summed E-state index contributed by atoms with van der Waals surface area (Å²) in [6.45, 7) is 4.49. The van der Waals surface area contributed by atoms with E-state index in [2.05, 4.69) is 31.5 Å². The van der Waals surface area contributed by atoms with Crippen LogP contribution in [0.25, 0.3) is 0 Å². The zero-order chi connectivity index (χ0) is 30.3. The van der Waals surface area contributed by atoms with Crippen molar-refractivity contribution in [3.8, 4) is 0 Å². The number of aromatic nitrogens is 4. The highest BCUT2D eigenvalue weighted by Gasteiger charge is 2.60. The molecule has 8 N–H and O–H groups in total. The highest BCUT2D eigenvalue weighted by Crippen LogP contribution is 2.51. The summed E-state index contributed by atoms with van der Waals surface area (Å²) in [5.41, 5.74) is 5.41. The summed E-state index contributed by atoms with van der Waals surface area (Å²) in [5.74, 6) is -3.37. The quantitative estimate of drug-likeness (QED) is 0.0786. The van der Waals surface area contributed by atoms with Crippen molar-refractivity contribution < 1.29 is 29.4 Å². The maximum atomic E-state index is 13.3. The second kappa shape index (κ2) is 11.8. The van der Waals surface area contributed by atoms with Crippen molar-refractivity contribution in [3.63, 3.8) is 0 Å². The van der Waals surface area contributed by atoms with Gasteiger partial charge in [0.2, 0.25) is 17.7 Å². The lowest BCUT2D eigenvalue weighted by molar-refractivity contribution is -0.158. The molecule has 0 aliphatic carbocycles. The summed E-state index contributed by atoms with van der Waals surface area (Å²) in [6.07, 6.45) is 1.77. The van der Waals surface area contributed by atoms with Crippen molar-refractivity contribution in [2.75, 3.05) is 26.2 Å². The first-order valence-corrected chi connectivity index (χ1v) is 14.6. The Labute approximate surface area is 245 Å². The number of aliphatic hydroxyl groups is 1. The minimum atomic E-state index is -1.19. The molecule has 5 rings (SSSR count). The number of amides is 3. The van der Waals surface area contributed by atoms with Crippen LogP contribution in [0.15, 0.2) is 16.9 Å². The van der Waals surface area contributed by atoms with Gasteiger partial charge in [0.1, 0.15) is 18.6 Å². The summed E-state index contributed by atoms with van der Waals surface area (Å²) in [7, 11) is 0. The van der Waals surface area contributed by atoms with E-state index >= 15 is 0 Å².